The summed E-state index contributed by atoms with van der Waals surface area (Å²) < 4.78 is 27.1. The molecule has 0 spiro atoms. The highest BCUT2D eigenvalue weighted by atomic mass is 127. The van der Waals surface area contributed by atoms with Crippen molar-refractivity contribution in [1.82, 2.24) is 14.5 Å². The van der Waals surface area contributed by atoms with Gasteiger partial charge in [0.25, 0.3) is 0 Å². The van der Waals surface area contributed by atoms with E-state index >= 15 is 0 Å². The van der Waals surface area contributed by atoms with Crippen molar-refractivity contribution in [3.8, 4) is 0 Å². The molecule has 0 atom stereocenters. The molecular weight excluding hydrogens is 487 g/mol. The monoisotopic (exact) mass is 520 g/mol. The molecule has 0 amide bonds. The molecule has 2 saturated heterocycles. The molecular formula is C20H33IN4O2S. The van der Waals surface area contributed by atoms with E-state index in [9.17, 15) is 8.42 Å². The van der Waals surface area contributed by atoms with Gasteiger partial charge in [0.05, 0.1) is 4.90 Å². The normalized spacial score (nSPS) is 19.9. The fraction of sp³-hybridized carbons (Fsp3) is 0.650. The van der Waals surface area contributed by atoms with Crippen molar-refractivity contribution in [1.29, 1.82) is 0 Å². The van der Waals surface area contributed by atoms with E-state index in [1.54, 1.807) is 16.4 Å². The highest BCUT2D eigenvalue weighted by Gasteiger charge is 2.25. The van der Waals surface area contributed by atoms with Gasteiger partial charge in [-0.3, -0.25) is 4.99 Å². The maximum atomic E-state index is 12.7. The number of aliphatic imine (C=N–C) groups is 1. The van der Waals surface area contributed by atoms with Crippen molar-refractivity contribution >= 4 is 40.0 Å². The summed E-state index contributed by atoms with van der Waals surface area (Å²) in [7, 11) is -1.54. The van der Waals surface area contributed by atoms with Crippen LogP contribution in [0.2, 0.25) is 0 Å². The van der Waals surface area contributed by atoms with Gasteiger partial charge in [-0.25, -0.2) is 8.42 Å². The van der Waals surface area contributed by atoms with Crippen molar-refractivity contribution < 1.29 is 8.42 Å². The van der Waals surface area contributed by atoms with Crippen molar-refractivity contribution in [2.45, 2.75) is 50.5 Å². The number of nitrogens with zero attached hydrogens (tertiary/aromatic N) is 3. The lowest BCUT2D eigenvalue weighted by Crippen LogP contribution is -2.45. The Morgan fingerprint density at radius 3 is 2.25 bits per heavy atom. The number of piperidine rings is 2. The molecule has 8 heteroatoms. The van der Waals surface area contributed by atoms with E-state index in [0.717, 1.165) is 49.8 Å². The lowest BCUT2D eigenvalue weighted by atomic mass is 10.00. The predicted octanol–water partition coefficient (Wildman–Crippen LogP) is 3.29. The first-order chi connectivity index (χ1) is 13.0. The first kappa shape index (κ1) is 23.4. The van der Waals surface area contributed by atoms with Gasteiger partial charge in [-0.05, 0) is 49.3 Å². The molecule has 1 aromatic rings. The second-order valence-electron chi connectivity index (χ2n) is 7.68. The van der Waals surface area contributed by atoms with Crippen LogP contribution >= 0.6 is 24.0 Å². The summed E-state index contributed by atoms with van der Waals surface area (Å²) in [4.78, 5) is 7.09. The van der Waals surface area contributed by atoms with Crippen molar-refractivity contribution in [2.24, 2.45) is 10.9 Å². The number of guanidine groups is 1. The summed E-state index contributed by atoms with van der Waals surface area (Å²) in [6.45, 7) is 6.28. The van der Waals surface area contributed by atoms with Gasteiger partial charge in [0.1, 0.15) is 0 Å². The third kappa shape index (κ3) is 5.82. The van der Waals surface area contributed by atoms with Crippen LogP contribution in [0.3, 0.4) is 0 Å². The van der Waals surface area contributed by atoms with E-state index in [4.69, 9.17) is 0 Å². The van der Waals surface area contributed by atoms with Crippen LogP contribution in [0.15, 0.2) is 34.2 Å². The maximum absolute atomic E-state index is 12.7. The average molecular weight is 520 g/mol. The molecule has 2 fully saturated rings. The molecule has 2 aliphatic heterocycles. The summed E-state index contributed by atoms with van der Waals surface area (Å²) in [5.74, 6) is 1.71. The van der Waals surface area contributed by atoms with E-state index in [-0.39, 0.29) is 24.0 Å². The quantitative estimate of drug-likeness (QED) is 0.376. The Hall–Kier alpha value is -0.870. The predicted molar refractivity (Wildman–Crippen MR) is 125 cm³/mol. The van der Waals surface area contributed by atoms with Crippen LogP contribution in [0.5, 0.6) is 0 Å². The van der Waals surface area contributed by atoms with Crippen molar-refractivity contribution in [3.63, 3.8) is 0 Å². The Kier molecular flexibility index (Phi) is 9.01. The molecule has 0 bridgehead atoms. The Morgan fingerprint density at radius 2 is 1.68 bits per heavy atom. The van der Waals surface area contributed by atoms with Gasteiger partial charge in [0.15, 0.2) is 5.96 Å². The summed E-state index contributed by atoms with van der Waals surface area (Å²) in [6, 6.07) is 7.25. The average Bonchev–Trinajstić information content (AvgIpc) is 2.71. The van der Waals surface area contributed by atoms with Crippen LogP contribution in [0, 0.1) is 5.92 Å². The van der Waals surface area contributed by atoms with Gasteiger partial charge >= 0.3 is 0 Å². The minimum atomic E-state index is -3.36. The third-order valence-electron chi connectivity index (χ3n) is 5.62. The second-order valence-corrected chi connectivity index (χ2v) is 9.62. The van der Waals surface area contributed by atoms with Crippen LogP contribution in [-0.4, -0.2) is 56.8 Å². The topological polar surface area (TPSA) is 65.0 Å². The molecule has 158 valence electrons. The van der Waals surface area contributed by atoms with E-state index in [0.29, 0.717) is 24.5 Å². The van der Waals surface area contributed by atoms with Crippen LogP contribution in [-0.2, 0) is 16.6 Å². The van der Waals surface area contributed by atoms with Gasteiger partial charge in [-0.15, -0.1) is 24.0 Å². The lowest BCUT2D eigenvalue weighted by Gasteiger charge is -2.33. The van der Waals surface area contributed by atoms with Crippen LogP contribution in [0.25, 0.3) is 0 Å². The Labute approximate surface area is 186 Å². The van der Waals surface area contributed by atoms with Gasteiger partial charge in [-0.2, -0.15) is 4.31 Å². The fourth-order valence-electron chi connectivity index (χ4n) is 3.77. The molecule has 0 unspecified atom stereocenters. The standard InChI is InChI=1S/C20H32N4O2S.HI/c1-17-10-14-23(15-11-17)20(21-2)22-16-18-6-8-19(9-7-18)27(25,26)24-12-4-3-5-13-24;/h6-9,17H,3-5,10-16H2,1-2H3,(H,21,22);1H. The van der Waals surface area contributed by atoms with E-state index in [1.807, 2.05) is 19.2 Å². The fourth-order valence-corrected chi connectivity index (χ4v) is 5.28. The number of benzene rings is 1. The van der Waals surface area contributed by atoms with Gasteiger partial charge < -0.3 is 10.2 Å². The Bertz CT molecular complexity index is 738. The zero-order chi connectivity index (χ0) is 19.3. The first-order valence-electron chi connectivity index (χ1n) is 10.1. The van der Waals surface area contributed by atoms with Gasteiger partial charge in [-0.1, -0.05) is 25.5 Å². The zero-order valence-electron chi connectivity index (χ0n) is 16.9. The Morgan fingerprint density at radius 1 is 1.07 bits per heavy atom. The van der Waals surface area contributed by atoms with Crippen LogP contribution in [0.4, 0.5) is 0 Å². The molecule has 6 nitrogen and oxygen atoms in total. The molecule has 2 aliphatic rings. The number of sulfonamides is 1. The minimum Gasteiger partial charge on any atom is -0.352 e. The summed E-state index contributed by atoms with van der Waals surface area (Å²) in [5, 5.41) is 3.41. The highest BCUT2D eigenvalue weighted by molar-refractivity contribution is 14.0. The van der Waals surface area contributed by atoms with Crippen LogP contribution in [0.1, 0.15) is 44.6 Å². The van der Waals surface area contributed by atoms with Crippen molar-refractivity contribution in [2.75, 3.05) is 33.2 Å². The number of hydrogen-bond acceptors (Lipinski definition) is 3. The Balaban J connectivity index is 0.00000280. The number of rotatable bonds is 4. The number of halogens is 1. The molecule has 1 N–H and O–H groups in total. The SMILES string of the molecule is CN=C(NCc1ccc(S(=O)(=O)N2CCCCC2)cc1)N1CCC(C)CC1.I. The molecule has 0 saturated carbocycles. The zero-order valence-corrected chi connectivity index (χ0v) is 20.1. The third-order valence-corrected chi connectivity index (χ3v) is 7.53. The summed E-state index contributed by atoms with van der Waals surface area (Å²) in [6.07, 6.45) is 5.42. The number of hydrogen-bond donors (Lipinski definition) is 1. The smallest absolute Gasteiger partial charge is 0.243 e. The summed E-state index contributed by atoms with van der Waals surface area (Å²) >= 11 is 0. The molecule has 2 heterocycles. The lowest BCUT2D eigenvalue weighted by molar-refractivity contribution is 0.273. The van der Waals surface area contributed by atoms with E-state index in [1.165, 1.54) is 12.8 Å². The second kappa shape index (κ2) is 10.8. The maximum Gasteiger partial charge on any atom is 0.243 e. The molecule has 0 aromatic heterocycles. The molecule has 0 radical (unpaired) electrons. The summed E-state index contributed by atoms with van der Waals surface area (Å²) in [5.41, 5.74) is 1.05. The largest absolute Gasteiger partial charge is 0.352 e. The highest BCUT2D eigenvalue weighted by Crippen LogP contribution is 2.21. The number of likely N-dealkylation sites (tertiary alicyclic amines) is 1. The van der Waals surface area contributed by atoms with Crippen LogP contribution < -0.4 is 5.32 Å². The van der Waals surface area contributed by atoms with E-state index < -0.39 is 10.0 Å². The molecule has 28 heavy (non-hydrogen) atoms. The number of nitrogens with one attached hydrogen (secondary N) is 1. The van der Waals surface area contributed by atoms with E-state index in [2.05, 4.69) is 22.1 Å². The van der Waals surface area contributed by atoms with Gasteiger partial charge in [0.2, 0.25) is 10.0 Å². The molecule has 1 aromatic carbocycles. The first-order valence-corrected chi connectivity index (χ1v) is 11.5. The van der Waals surface area contributed by atoms with Gasteiger partial charge in [0, 0.05) is 39.8 Å². The minimum absolute atomic E-state index is 0. The molecule has 3 rings (SSSR count). The molecule has 0 aliphatic carbocycles. The van der Waals surface area contributed by atoms with Crippen molar-refractivity contribution in [3.05, 3.63) is 29.8 Å².